The molecule has 0 atom stereocenters. The Bertz CT molecular complexity index is 57.6. The molecule has 0 bridgehead atoms. The normalized spacial score (nSPS) is 9.60. The van der Waals surface area contributed by atoms with Crippen LogP contribution in [0.3, 0.4) is 0 Å². The summed E-state index contributed by atoms with van der Waals surface area (Å²) in [6.45, 7) is 5.28. The second-order valence-electron chi connectivity index (χ2n) is 2.19. The first-order valence-electron chi connectivity index (χ1n) is 3.69. The quantitative estimate of drug-likeness (QED) is 0.645. The minimum Gasteiger partial charge on any atom is -0.395 e. The zero-order chi connectivity index (χ0) is 7.11. The molecule has 10 heavy (non-hydrogen) atoms. The maximum absolute atomic E-state index is 8.44. The Morgan fingerprint density at radius 2 is 1.80 bits per heavy atom. The highest BCUT2D eigenvalue weighted by molar-refractivity contribution is 5.85. The Morgan fingerprint density at radius 3 is 2.10 bits per heavy atom. The van der Waals surface area contributed by atoms with Crippen molar-refractivity contribution in [3.05, 3.63) is 0 Å². The molecule has 0 radical (unpaired) electrons. The van der Waals surface area contributed by atoms with E-state index in [0.717, 1.165) is 19.4 Å². The second kappa shape index (κ2) is 9.21. The van der Waals surface area contributed by atoms with Gasteiger partial charge in [-0.2, -0.15) is 0 Å². The van der Waals surface area contributed by atoms with Gasteiger partial charge in [0.15, 0.2) is 0 Å². The smallest absolute Gasteiger partial charge is 0.0556 e. The van der Waals surface area contributed by atoms with Crippen LogP contribution in [0, 0.1) is 0 Å². The molecular weight excluding hydrogens is 150 g/mol. The van der Waals surface area contributed by atoms with Crippen molar-refractivity contribution in [1.29, 1.82) is 0 Å². The third-order valence-electron chi connectivity index (χ3n) is 1.53. The lowest BCUT2D eigenvalue weighted by atomic mass is 10.2. The summed E-state index contributed by atoms with van der Waals surface area (Å²) in [7, 11) is 0. The second-order valence-corrected chi connectivity index (χ2v) is 2.19. The predicted octanol–water partition coefficient (Wildman–Crippen LogP) is 1.18. The van der Waals surface area contributed by atoms with Gasteiger partial charge in [0.25, 0.3) is 0 Å². The molecule has 0 aromatic heterocycles. The molecule has 0 aliphatic heterocycles. The van der Waals surface area contributed by atoms with Crippen molar-refractivity contribution in [3.8, 4) is 0 Å². The van der Waals surface area contributed by atoms with Gasteiger partial charge in [-0.3, -0.25) is 0 Å². The first-order chi connectivity index (χ1) is 4.35. The van der Waals surface area contributed by atoms with Crippen molar-refractivity contribution in [2.24, 2.45) is 0 Å². The zero-order valence-electron chi connectivity index (χ0n) is 6.76. The van der Waals surface area contributed by atoms with E-state index in [4.69, 9.17) is 5.11 Å². The molecule has 0 aliphatic rings. The van der Waals surface area contributed by atoms with Gasteiger partial charge in [0.1, 0.15) is 0 Å². The molecule has 0 heterocycles. The standard InChI is InChI=1S/C7H17NO.ClH/c1-3-7(4-2)8-5-6-9;/h7-9H,3-6H2,1-2H3;1H. The molecule has 0 spiro atoms. The topological polar surface area (TPSA) is 32.3 Å². The summed E-state index contributed by atoms with van der Waals surface area (Å²) >= 11 is 0. The zero-order valence-corrected chi connectivity index (χ0v) is 7.58. The molecule has 3 heteroatoms. The van der Waals surface area contributed by atoms with Crippen molar-refractivity contribution in [1.82, 2.24) is 5.32 Å². The molecule has 0 aliphatic carbocycles. The van der Waals surface area contributed by atoms with Crippen LogP contribution >= 0.6 is 12.4 Å². The lowest BCUT2D eigenvalue weighted by Crippen LogP contribution is -2.30. The molecule has 2 N–H and O–H groups in total. The summed E-state index contributed by atoms with van der Waals surface area (Å²) in [6, 6.07) is 0.595. The van der Waals surface area contributed by atoms with Gasteiger partial charge in [-0.25, -0.2) is 0 Å². The number of rotatable bonds is 5. The third kappa shape index (κ3) is 6.33. The number of hydrogen-bond acceptors (Lipinski definition) is 2. The molecule has 0 saturated carbocycles. The maximum Gasteiger partial charge on any atom is 0.0556 e. The summed E-state index contributed by atoms with van der Waals surface area (Å²) in [4.78, 5) is 0. The van der Waals surface area contributed by atoms with Crippen molar-refractivity contribution >= 4 is 12.4 Å². The van der Waals surface area contributed by atoms with E-state index >= 15 is 0 Å². The van der Waals surface area contributed by atoms with E-state index in [-0.39, 0.29) is 19.0 Å². The van der Waals surface area contributed by atoms with Crippen LogP contribution in [0.1, 0.15) is 26.7 Å². The Balaban J connectivity index is 0. The summed E-state index contributed by atoms with van der Waals surface area (Å²) in [6.07, 6.45) is 2.30. The van der Waals surface area contributed by atoms with Crippen LogP contribution in [-0.4, -0.2) is 24.3 Å². The SMILES string of the molecule is CCC(CC)NCCO.Cl. The lowest BCUT2D eigenvalue weighted by Gasteiger charge is -2.12. The van der Waals surface area contributed by atoms with Crippen molar-refractivity contribution in [3.63, 3.8) is 0 Å². The number of halogens is 1. The van der Waals surface area contributed by atoms with E-state index < -0.39 is 0 Å². The number of aliphatic hydroxyl groups excluding tert-OH is 1. The monoisotopic (exact) mass is 167 g/mol. The summed E-state index contributed by atoms with van der Waals surface area (Å²) in [5.41, 5.74) is 0. The first kappa shape index (κ1) is 12.8. The highest BCUT2D eigenvalue weighted by Crippen LogP contribution is 1.93. The third-order valence-corrected chi connectivity index (χ3v) is 1.53. The van der Waals surface area contributed by atoms with Crippen LogP contribution in [0.15, 0.2) is 0 Å². The summed E-state index contributed by atoms with van der Waals surface area (Å²) in [5.74, 6) is 0. The molecule has 64 valence electrons. The van der Waals surface area contributed by atoms with Gasteiger partial charge in [0.05, 0.1) is 6.61 Å². The minimum absolute atomic E-state index is 0. The van der Waals surface area contributed by atoms with Crippen LogP contribution in [-0.2, 0) is 0 Å². The van der Waals surface area contributed by atoms with Crippen LogP contribution in [0.2, 0.25) is 0 Å². The van der Waals surface area contributed by atoms with Gasteiger partial charge < -0.3 is 10.4 Å². The van der Waals surface area contributed by atoms with Crippen LogP contribution in [0.5, 0.6) is 0 Å². The van der Waals surface area contributed by atoms with Crippen molar-refractivity contribution in [2.45, 2.75) is 32.7 Å². The van der Waals surface area contributed by atoms with Gasteiger partial charge >= 0.3 is 0 Å². The van der Waals surface area contributed by atoms with Gasteiger partial charge in [-0.1, -0.05) is 13.8 Å². The molecule has 0 aromatic rings. The average molecular weight is 168 g/mol. The first-order valence-corrected chi connectivity index (χ1v) is 3.69. The van der Waals surface area contributed by atoms with E-state index in [1.165, 1.54) is 0 Å². The fraction of sp³-hybridized carbons (Fsp3) is 1.00. The molecule has 0 unspecified atom stereocenters. The number of nitrogens with one attached hydrogen (secondary N) is 1. The van der Waals surface area contributed by atoms with Gasteiger partial charge in [0, 0.05) is 12.6 Å². The Morgan fingerprint density at radius 1 is 1.30 bits per heavy atom. The van der Waals surface area contributed by atoms with E-state index in [2.05, 4.69) is 19.2 Å². The number of aliphatic hydroxyl groups is 1. The molecule has 0 saturated heterocycles. The van der Waals surface area contributed by atoms with Crippen LogP contribution in [0.25, 0.3) is 0 Å². The highest BCUT2D eigenvalue weighted by atomic mass is 35.5. The largest absolute Gasteiger partial charge is 0.395 e. The van der Waals surface area contributed by atoms with Crippen LogP contribution < -0.4 is 5.32 Å². The van der Waals surface area contributed by atoms with Crippen molar-refractivity contribution in [2.75, 3.05) is 13.2 Å². The van der Waals surface area contributed by atoms with E-state index in [0.29, 0.717) is 6.04 Å². The van der Waals surface area contributed by atoms with Gasteiger partial charge in [0.2, 0.25) is 0 Å². The Labute approximate surface area is 69.4 Å². The average Bonchev–Trinajstić information content (AvgIpc) is 1.91. The summed E-state index contributed by atoms with van der Waals surface area (Å²) < 4.78 is 0. The molecule has 0 rings (SSSR count). The molecule has 0 fully saturated rings. The molecule has 0 aromatic carbocycles. The lowest BCUT2D eigenvalue weighted by molar-refractivity contribution is 0.282. The van der Waals surface area contributed by atoms with E-state index in [9.17, 15) is 0 Å². The molecule has 2 nitrogen and oxygen atoms in total. The van der Waals surface area contributed by atoms with Gasteiger partial charge in [-0.05, 0) is 12.8 Å². The Hall–Kier alpha value is 0.210. The van der Waals surface area contributed by atoms with Gasteiger partial charge in [-0.15, -0.1) is 12.4 Å². The van der Waals surface area contributed by atoms with Crippen molar-refractivity contribution < 1.29 is 5.11 Å². The van der Waals surface area contributed by atoms with E-state index in [1.54, 1.807) is 0 Å². The van der Waals surface area contributed by atoms with Crippen LogP contribution in [0.4, 0.5) is 0 Å². The van der Waals surface area contributed by atoms with E-state index in [1.807, 2.05) is 0 Å². The fourth-order valence-electron chi connectivity index (χ4n) is 0.846. The Kier molecular flexibility index (Phi) is 11.8. The minimum atomic E-state index is 0. The maximum atomic E-state index is 8.44. The molecule has 0 amide bonds. The summed E-state index contributed by atoms with van der Waals surface area (Å²) in [5, 5.41) is 11.7. The highest BCUT2D eigenvalue weighted by Gasteiger charge is 1.98. The fourth-order valence-corrected chi connectivity index (χ4v) is 0.846. The predicted molar refractivity (Wildman–Crippen MR) is 46.7 cm³/mol. The molecular formula is C7H18ClNO. The number of hydrogen-bond donors (Lipinski definition) is 2.